The van der Waals surface area contributed by atoms with Crippen molar-refractivity contribution in [3.8, 4) is 5.75 Å². The fourth-order valence-electron chi connectivity index (χ4n) is 1.01. The number of hydrogen-bond acceptors (Lipinski definition) is 3. The van der Waals surface area contributed by atoms with Gasteiger partial charge in [-0.2, -0.15) is 0 Å². The lowest BCUT2D eigenvalue weighted by molar-refractivity contribution is 0.321. The predicted molar refractivity (Wildman–Crippen MR) is 56.1 cm³/mol. The molecule has 14 heavy (non-hydrogen) atoms. The second kappa shape index (κ2) is 5.80. The molecule has 0 aliphatic heterocycles. The van der Waals surface area contributed by atoms with Crippen molar-refractivity contribution in [3.63, 3.8) is 0 Å². The highest BCUT2D eigenvalue weighted by Gasteiger charge is 1.98. The Morgan fingerprint density at radius 2 is 2.21 bits per heavy atom. The van der Waals surface area contributed by atoms with Crippen LogP contribution in [0.2, 0.25) is 0 Å². The van der Waals surface area contributed by atoms with Crippen LogP contribution in [-0.4, -0.2) is 18.0 Å². The van der Waals surface area contributed by atoms with E-state index < -0.39 is 0 Å². The minimum atomic E-state index is 0.521. The van der Waals surface area contributed by atoms with Crippen molar-refractivity contribution in [1.82, 2.24) is 0 Å². The highest BCUT2D eigenvalue weighted by atomic mass is 16.5. The van der Waals surface area contributed by atoms with E-state index in [-0.39, 0.29) is 0 Å². The topological polar surface area (TPSA) is 41.8 Å². The van der Waals surface area contributed by atoms with Gasteiger partial charge in [0.25, 0.3) is 0 Å². The largest absolute Gasteiger partial charge is 0.489 e. The molecule has 0 atom stereocenters. The molecule has 1 N–H and O–H groups in total. The monoisotopic (exact) mass is 191 g/mol. The third-order valence-corrected chi connectivity index (χ3v) is 1.69. The van der Waals surface area contributed by atoms with E-state index in [1.807, 2.05) is 43.3 Å². The first-order chi connectivity index (χ1) is 6.88. The zero-order valence-electron chi connectivity index (χ0n) is 8.05. The van der Waals surface area contributed by atoms with Gasteiger partial charge in [-0.3, -0.25) is 0 Å². The van der Waals surface area contributed by atoms with Crippen molar-refractivity contribution in [3.05, 3.63) is 42.0 Å². The zero-order chi connectivity index (χ0) is 10.2. The summed E-state index contributed by atoms with van der Waals surface area (Å²) in [6.07, 6.45) is 5.18. The molecular formula is C11H13NO2. The molecule has 0 saturated carbocycles. The number of nitrogens with zero attached hydrogens (tertiary/aromatic N) is 1. The highest BCUT2D eigenvalue weighted by molar-refractivity contribution is 5.82. The van der Waals surface area contributed by atoms with Gasteiger partial charge < -0.3 is 9.94 Å². The van der Waals surface area contributed by atoms with Gasteiger partial charge in [0.05, 0.1) is 6.21 Å². The standard InChI is InChI=1S/C11H13NO2/c1-2-3-8-14-11-7-5-4-6-10(11)9-12-13/h2-7,9,13H,8H2,1H3/b3-2+,12-9+. The summed E-state index contributed by atoms with van der Waals surface area (Å²) >= 11 is 0. The summed E-state index contributed by atoms with van der Waals surface area (Å²) in [4.78, 5) is 0. The summed E-state index contributed by atoms with van der Waals surface area (Å²) in [5, 5.41) is 11.4. The molecule has 0 fully saturated rings. The Hall–Kier alpha value is -1.77. The number of ether oxygens (including phenoxy) is 1. The summed E-state index contributed by atoms with van der Waals surface area (Å²) in [5.74, 6) is 0.711. The van der Waals surface area contributed by atoms with Crippen molar-refractivity contribution in [2.75, 3.05) is 6.61 Å². The Kier molecular flexibility index (Phi) is 4.27. The van der Waals surface area contributed by atoms with E-state index in [2.05, 4.69) is 5.16 Å². The molecule has 3 heteroatoms. The van der Waals surface area contributed by atoms with E-state index in [9.17, 15) is 0 Å². The van der Waals surface area contributed by atoms with Crippen molar-refractivity contribution >= 4 is 6.21 Å². The number of benzene rings is 1. The maximum atomic E-state index is 8.42. The van der Waals surface area contributed by atoms with Gasteiger partial charge in [0, 0.05) is 5.56 Å². The van der Waals surface area contributed by atoms with E-state index in [0.717, 1.165) is 5.56 Å². The maximum Gasteiger partial charge on any atom is 0.128 e. The first-order valence-electron chi connectivity index (χ1n) is 4.39. The van der Waals surface area contributed by atoms with Gasteiger partial charge in [0.1, 0.15) is 12.4 Å². The van der Waals surface area contributed by atoms with E-state index in [1.165, 1.54) is 6.21 Å². The molecule has 0 amide bonds. The van der Waals surface area contributed by atoms with Gasteiger partial charge in [-0.25, -0.2) is 0 Å². The Bertz CT molecular complexity index is 332. The number of oxime groups is 1. The molecule has 0 saturated heterocycles. The molecule has 0 unspecified atom stereocenters. The van der Waals surface area contributed by atoms with E-state index in [0.29, 0.717) is 12.4 Å². The molecule has 3 nitrogen and oxygen atoms in total. The van der Waals surface area contributed by atoms with Crippen molar-refractivity contribution in [1.29, 1.82) is 0 Å². The van der Waals surface area contributed by atoms with Crippen molar-refractivity contribution < 1.29 is 9.94 Å². The smallest absolute Gasteiger partial charge is 0.128 e. The highest BCUT2D eigenvalue weighted by Crippen LogP contribution is 2.15. The Morgan fingerprint density at radius 3 is 2.93 bits per heavy atom. The second-order valence-corrected chi connectivity index (χ2v) is 2.66. The first-order valence-corrected chi connectivity index (χ1v) is 4.39. The molecule has 1 aromatic rings. The van der Waals surface area contributed by atoms with Crippen LogP contribution in [0.3, 0.4) is 0 Å². The molecule has 1 rings (SSSR count). The summed E-state index contributed by atoms with van der Waals surface area (Å²) < 4.78 is 5.44. The number of para-hydroxylation sites is 1. The van der Waals surface area contributed by atoms with E-state index >= 15 is 0 Å². The first kappa shape index (κ1) is 10.3. The van der Waals surface area contributed by atoms with Crippen LogP contribution in [0, 0.1) is 0 Å². The molecule has 0 aliphatic rings. The van der Waals surface area contributed by atoms with Gasteiger partial charge in [-0.05, 0) is 19.1 Å². The van der Waals surface area contributed by atoms with Crippen molar-refractivity contribution in [2.45, 2.75) is 6.92 Å². The maximum absolute atomic E-state index is 8.42. The minimum Gasteiger partial charge on any atom is -0.489 e. The van der Waals surface area contributed by atoms with Gasteiger partial charge in [-0.15, -0.1) is 0 Å². The molecule has 74 valence electrons. The summed E-state index contributed by atoms with van der Waals surface area (Å²) in [6, 6.07) is 7.39. The Morgan fingerprint density at radius 1 is 1.43 bits per heavy atom. The lowest BCUT2D eigenvalue weighted by Gasteiger charge is -2.05. The number of allylic oxidation sites excluding steroid dienone is 1. The molecule has 0 aliphatic carbocycles. The Balaban J connectivity index is 2.73. The van der Waals surface area contributed by atoms with Crippen LogP contribution in [0.15, 0.2) is 41.6 Å². The third kappa shape index (κ3) is 2.94. The van der Waals surface area contributed by atoms with Crippen LogP contribution in [0.5, 0.6) is 5.75 Å². The molecule has 0 radical (unpaired) electrons. The second-order valence-electron chi connectivity index (χ2n) is 2.66. The van der Waals surface area contributed by atoms with Gasteiger partial charge in [0.2, 0.25) is 0 Å². The fourth-order valence-corrected chi connectivity index (χ4v) is 1.01. The summed E-state index contributed by atoms with van der Waals surface area (Å²) in [6.45, 7) is 2.46. The van der Waals surface area contributed by atoms with Gasteiger partial charge >= 0.3 is 0 Å². The Labute approximate surface area is 83.3 Å². The normalized spacial score (nSPS) is 11.2. The average molecular weight is 191 g/mol. The lowest BCUT2D eigenvalue weighted by Crippen LogP contribution is -1.96. The average Bonchev–Trinajstić information content (AvgIpc) is 2.21. The molecule has 0 spiro atoms. The van der Waals surface area contributed by atoms with Crippen LogP contribution >= 0.6 is 0 Å². The molecule has 0 heterocycles. The fraction of sp³-hybridized carbons (Fsp3) is 0.182. The van der Waals surface area contributed by atoms with E-state index in [1.54, 1.807) is 0 Å². The van der Waals surface area contributed by atoms with Crippen LogP contribution in [0.25, 0.3) is 0 Å². The molecular weight excluding hydrogens is 178 g/mol. The minimum absolute atomic E-state index is 0.521. The third-order valence-electron chi connectivity index (χ3n) is 1.69. The van der Waals surface area contributed by atoms with Crippen molar-refractivity contribution in [2.24, 2.45) is 5.16 Å². The number of hydrogen-bond donors (Lipinski definition) is 1. The van der Waals surface area contributed by atoms with Crippen LogP contribution < -0.4 is 4.74 Å². The van der Waals surface area contributed by atoms with Gasteiger partial charge in [0.15, 0.2) is 0 Å². The molecule has 0 bridgehead atoms. The van der Waals surface area contributed by atoms with Gasteiger partial charge in [-0.1, -0.05) is 29.4 Å². The zero-order valence-corrected chi connectivity index (χ0v) is 8.05. The predicted octanol–water partition coefficient (Wildman–Crippen LogP) is 2.45. The molecule has 0 aromatic heterocycles. The van der Waals surface area contributed by atoms with Crippen LogP contribution in [0.1, 0.15) is 12.5 Å². The quantitative estimate of drug-likeness (QED) is 0.344. The van der Waals surface area contributed by atoms with Crippen LogP contribution in [0.4, 0.5) is 0 Å². The SMILES string of the molecule is C/C=C/COc1ccccc1/C=N/O. The summed E-state index contributed by atoms with van der Waals surface area (Å²) in [7, 11) is 0. The summed E-state index contributed by atoms with van der Waals surface area (Å²) in [5.41, 5.74) is 0.763. The van der Waals surface area contributed by atoms with Crippen LogP contribution in [-0.2, 0) is 0 Å². The lowest BCUT2D eigenvalue weighted by atomic mass is 10.2. The van der Waals surface area contributed by atoms with E-state index in [4.69, 9.17) is 9.94 Å². The number of rotatable bonds is 4. The molecule has 1 aromatic carbocycles.